The molecule has 0 radical (unpaired) electrons. The number of nitrogen functional groups attached to an aromatic ring is 1. The molecule has 0 heterocycles. The number of rotatable bonds is 8. The second-order valence-corrected chi connectivity index (χ2v) is 3.72. The van der Waals surface area contributed by atoms with E-state index in [4.69, 9.17) is 19.9 Å². The minimum absolute atomic E-state index is 0.538. The molecule has 96 valence electrons. The van der Waals surface area contributed by atoms with Crippen LogP contribution >= 0.6 is 0 Å². The highest BCUT2D eigenvalue weighted by Gasteiger charge is 2.01. The largest absolute Gasteiger partial charge is 0.494 e. The van der Waals surface area contributed by atoms with Crippen molar-refractivity contribution in [2.75, 3.05) is 32.7 Å². The van der Waals surface area contributed by atoms with Crippen molar-refractivity contribution in [3.05, 3.63) is 18.2 Å². The smallest absolute Gasteiger partial charge is 0.145 e. The van der Waals surface area contributed by atoms with Crippen LogP contribution in [0.15, 0.2) is 18.2 Å². The van der Waals surface area contributed by atoms with Crippen molar-refractivity contribution < 1.29 is 14.2 Å². The molecule has 0 amide bonds. The van der Waals surface area contributed by atoms with Gasteiger partial charge in [-0.15, -0.1) is 0 Å². The summed E-state index contributed by atoms with van der Waals surface area (Å²) in [5, 5.41) is 0. The number of hydrogen-bond acceptors (Lipinski definition) is 4. The van der Waals surface area contributed by atoms with Crippen molar-refractivity contribution in [3.8, 4) is 11.5 Å². The summed E-state index contributed by atoms with van der Waals surface area (Å²) in [4.78, 5) is 0. The summed E-state index contributed by atoms with van der Waals surface area (Å²) in [5.74, 6) is 1.38. The molecule has 1 aromatic carbocycles. The number of unbranched alkanes of at least 4 members (excludes halogenated alkanes) is 1. The highest BCUT2D eigenvalue weighted by atomic mass is 16.5. The van der Waals surface area contributed by atoms with Gasteiger partial charge in [0.2, 0.25) is 0 Å². The zero-order valence-corrected chi connectivity index (χ0v) is 10.6. The summed E-state index contributed by atoms with van der Waals surface area (Å²) in [6.45, 7) is 4.08. The lowest BCUT2D eigenvalue weighted by atomic mass is 10.3. The third-order valence-corrected chi connectivity index (χ3v) is 2.34. The summed E-state index contributed by atoms with van der Waals surface area (Å²) in [6, 6.07) is 5.37. The molecular weight excluding hydrogens is 218 g/mol. The van der Waals surface area contributed by atoms with Gasteiger partial charge < -0.3 is 19.9 Å². The molecule has 0 fully saturated rings. The highest BCUT2D eigenvalue weighted by molar-refractivity contribution is 5.55. The summed E-state index contributed by atoms with van der Waals surface area (Å²) < 4.78 is 16.0. The first-order chi connectivity index (χ1) is 8.27. The van der Waals surface area contributed by atoms with Gasteiger partial charge in [-0.25, -0.2) is 0 Å². The SMILES string of the molecule is CCCCOCCOc1ccc(N)c(OC)c1. The minimum Gasteiger partial charge on any atom is -0.494 e. The van der Waals surface area contributed by atoms with Crippen molar-refractivity contribution in [3.63, 3.8) is 0 Å². The molecule has 1 aromatic rings. The first-order valence-electron chi connectivity index (χ1n) is 5.92. The Bertz CT molecular complexity index is 328. The number of hydrogen-bond donors (Lipinski definition) is 1. The maximum absolute atomic E-state index is 5.70. The van der Waals surface area contributed by atoms with Crippen LogP contribution in [0.1, 0.15) is 19.8 Å². The number of benzene rings is 1. The molecule has 0 aliphatic carbocycles. The maximum atomic E-state index is 5.70. The van der Waals surface area contributed by atoms with Crippen LogP contribution in [0.2, 0.25) is 0 Å². The third kappa shape index (κ3) is 4.95. The van der Waals surface area contributed by atoms with Crippen LogP contribution in [-0.4, -0.2) is 26.9 Å². The van der Waals surface area contributed by atoms with Gasteiger partial charge in [-0.1, -0.05) is 13.3 Å². The van der Waals surface area contributed by atoms with Gasteiger partial charge in [-0.2, -0.15) is 0 Å². The molecular formula is C13H21NO3. The normalized spacial score (nSPS) is 10.2. The lowest BCUT2D eigenvalue weighted by Crippen LogP contribution is -2.07. The van der Waals surface area contributed by atoms with Crippen LogP contribution in [0.25, 0.3) is 0 Å². The summed E-state index contributed by atoms with van der Waals surface area (Å²) in [7, 11) is 1.59. The van der Waals surface area contributed by atoms with E-state index in [0.717, 1.165) is 25.2 Å². The van der Waals surface area contributed by atoms with Crippen LogP contribution in [0, 0.1) is 0 Å². The van der Waals surface area contributed by atoms with Crippen molar-refractivity contribution in [1.29, 1.82) is 0 Å². The fourth-order valence-corrected chi connectivity index (χ4v) is 1.35. The van der Waals surface area contributed by atoms with Crippen LogP contribution < -0.4 is 15.2 Å². The van der Waals surface area contributed by atoms with Gasteiger partial charge in [0.25, 0.3) is 0 Å². The van der Waals surface area contributed by atoms with Gasteiger partial charge in [0.1, 0.15) is 18.1 Å². The minimum atomic E-state index is 0.538. The average molecular weight is 239 g/mol. The van der Waals surface area contributed by atoms with E-state index >= 15 is 0 Å². The Morgan fingerprint density at radius 2 is 2.00 bits per heavy atom. The molecule has 0 unspecified atom stereocenters. The van der Waals surface area contributed by atoms with E-state index in [2.05, 4.69) is 6.92 Å². The van der Waals surface area contributed by atoms with Crippen molar-refractivity contribution in [1.82, 2.24) is 0 Å². The van der Waals surface area contributed by atoms with Gasteiger partial charge in [0.05, 0.1) is 19.4 Å². The average Bonchev–Trinajstić information content (AvgIpc) is 2.35. The van der Waals surface area contributed by atoms with Crippen molar-refractivity contribution in [2.24, 2.45) is 0 Å². The summed E-state index contributed by atoms with van der Waals surface area (Å²) >= 11 is 0. The quantitative estimate of drug-likeness (QED) is 0.559. The Kier molecular flexibility index (Phi) is 6.25. The molecule has 0 aliphatic rings. The fourth-order valence-electron chi connectivity index (χ4n) is 1.35. The second kappa shape index (κ2) is 7.79. The van der Waals surface area contributed by atoms with E-state index in [-0.39, 0.29) is 0 Å². The summed E-state index contributed by atoms with van der Waals surface area (Å²) in [6.07, 6.45) is 2.24. The molecule has 0 saturated carbocycles. The summed E-state index contributed by atoms with van der Waals surface area (Å²) in [5.41, 5.74) is 6.31. The predicted octanol–water partition coefficient (Wildman–Crippen LogP) is 2.47. The van der Waals surface area contributed by atoms with E-state index in [9.17, 15) is 0 Å². The Morgan fingerprint density at radius 1 is 1.18 bits per heavy atom. The Balaban J connectivity index is 2.27. The van der Waals surface area contributed by atoms with Crippen molar-refractivity contribution in [2.45, 2.75) is 19.8 Å². The number of ether oxygens (including phenoxy) is 3. The monoisotopic (exact) mass is 239 g/mol. The lowest BCUT2D eigenvalue weighted by Gasteiger charge is -2.09. The lowest BCUT2D eigenvalue weighted by molar-refractivity contribution is 0.0980. The Morgan fingerprint density at radius 3 is 2.71 bits per heavy atom. The first-order valence-corrected chi connectivity index (χ1v) is 5.92. The Labute approximate surface area is 103 Å². The molecule has 2 N–H and O–H groups in total. The molecule has 17 heavy (non-hydrogen) atoms. The zero-order chi connectivity index (χ0) is 12.5. The van der Waals surface area contributed by atoms with Crippen LogP contribution in [0.5, 0.6) is 11.5 Å². The third-order valence-electron chi connectivity index (χ3n) is 2.34. The molecule has 0 atom stereocenters. The van der Waals surface area contributed by atoms with E-state index in [1.165, 1.54) is 0 Å². The van der Waals surface area contributed by atoms with Crippen LogP contribution in [0.4, 0.5) is 5.69 Å². The van der Waals surface area contributed by atoms with E-state index < -0.39 is 0 Å². The van der Waals surface area contributed by atoms with E-state index in [0.29, 0.717) is 24.7 Å². The Hall–Kier alpha value is -1.42. The zero-order valence-electron chi connectivity index (χ0n) is 10.6. The molecule has 0 saturated heterocycles. The predicted molar refractivity (Wildman–Crippen MR) is 68.6 cm³/mol. The molecule has 4 nitrogen and oxygen atoms in total. The fraction of sp³-hybridized carbons (Fsp3) is 0.538. The number of methoxy groups -OCH3 is 1. The second-order valence-electron chi connectivity index (χ2n) is 3.72. The first kappa shape index (κ1) is 13.6. The molecule has 4 heteroatoms. The van der Waals surface area contributed by atoms with Crippen LogP contribution in [0.3, 0.4) is 0 Å². The van der Waals surface area contributed by atoms with Gasteiger partial charge in [0.15, 0.2) is 0 Å². The van der Waals surface area contributed by atoms with Gasteiger partial charge in [-0.05, 0) is 18.6 Å². The molecule has 0 aromatic heterocycles. The van der Waals surface area contributed by atoms with E-state index in [1.807, 2.05) is 6.07 Å². The van der Waals surface area contributed by atoms with Crippen LogP contribution in [-0.2, 0) is 4.74 Å². The van der Waals surface area contributed by atoms with Gasteiger partial charge >= 0.3 is 0 Å². The topological polar surface area (TPSA) is 53.7 Å². The maximum Gasteiger partial charge on any atom is 0.145 e. The molecule has 0 bridgehead atoms. The standard InChI is InChI=1S/C13H21NO3/c1-3-4-7-16-8-9-17-11-5-6-12(14)13(10-11)15-2/h5-6,10H,3-4,7-9,14H2,1-2H3. The highest BCUT2D eigenvalue weighted by Crippen LogP contribution is 2.26. The van der Waals surface area contributed by atoms with Crippen molar-refractivity contribution >= 4 is 5.69 Å². The number of anilines is 1. The van der Waals surface area contributed by atoms with Gasteiger partial charge in [0, 0.05) is 12.7 Å². The molecule has 1 rings (SSSR count). The number of nitrogens with two attached hydrogens (primary N) is 1. The molecule has 0 spiro atoms. The molecule has 0 aliphatic heterocycles. The van der Waals surface area contributed by atoms with E-state index in [1.54, 1.807) is 19.2 Å². The van der Waals surface area contributed by atoms with Gasteiger partial charge in [-0.3, -0.25) is 0 Å².